The molecule has 0 saturated heterocycles. The van der Waals surface area contributed by atoms with Crippen LogP contribution >= 0.6 is 0 Å². The van der Waals surface area contributed by atoms with Crippen molar-refractivity contribution in [2.75, 3.05) is 0 Å². The van der Waals surface area contributed by atoms with Crippen LogP contribution in [-0.2, 0) is 9.59 Å². The molecule has 0 aromatic heterocycles. The highest BCUT2D eigenvalue weighted by atomic mass is 16.3. The van der Waals surface area contributed by atoms with Gasteiger partial charge in [-0.1, -0.05) is 6.58 Å². The monoisotopic (exact) mass is 117 g/mol. The Morgan fingerprint density at radius 3 is 1.88 bits per heavy atom. The molecule has 0 radical (unpaired) electrons. The van der Waals surface area contributed by atoms with Gasteiger partial charge in [-0.05, 0) is 6.08 Å². The Bertz CT molecular complexity index is 89.3. The maximum atomic E-state index is 9.47. The van der Waals surface area contributed by atoms with Crippen molar-refractivity contribution in [3.05, 3.63) is 12.7 Å². The number of rotatable bonds is 1. The summed E-state index contributed by atoms with van der Waals surface area (Å²) in [5.74, 6) is -0.481. The molecule has 46 valence electrons. The van der Waals surface area contributed by atoms with Gasteiger partial charge in [0, 0.05) is 0 Å². The van der Waals surface area contributed by atoms with Crippen LogP contribution in [0.2, 0.25) is 0 Å². The summed E-state index contributed by atoms with van der Waals surface area (Å²) in [6.07, 6.45) is 1.06. The minimum atomic E-state index is -0.481. The summed E-state index contributed by atoms with van der Waals surface area (Å²) in [6, 6.07) is 0. The quantitative estimate of drug-likeness (QED) is 0.354. The van der Waals surface area contributed by atoms with Crippen LogP contribution < -0.4 is 5.73 Å². The molecular formula is C4H7NO3. The van der Waals surface area contributed by atoms with Crippen molar-refractivity contribution in [2.45, 2.75) is 0 Å². The van der Waals surface area contributed by atoms with Gasteiger partial charge in [0.25, 0.3) is 6.47 Å². The zero-order valence-electron chi connectivity index (χ0n) is 4.20. The minimum Gasteiger partial charge on any atom is -0.483 e. The van der Waals surface area contributed by atoms with Crippen LogP contribution in [0.3, 0.4) is 0 Å². The first-order valence-corrected chi connectivity index (χ1v) is 1.68. The summed E-state index contributed by atoms with van der Waals surface area (Å²) in [7, 11) is 0. The molecule has 0 rings (SSSR count). The van der Waals surface area contributed by atoms with E-state index in [1.54, 1.807) is 0 Å². The summed E-state index contributed by atoms with van der Waals surface area (Å²) < 4.78 is 0. The van der Waals surface area contributed by atoms with Crippen molar-refractivity contribution >= 4 is 12.4 Å². The maximum Gasteiger partial charge on any atom is 0.290 e. The molecule has 0 aromatic carbocycles. The molecule has 0 bridgehead atoms. The summed E-state index contributed by atoms with van der Waals surface area (Å²) in [6.45, 7) is 2.84. The van der Waals surface area contributed by atoms with Gasteiger partial charge in [0.05, 0.1) is 0 Å². The predicted molar refractivity (Wildman–Crippen MR) is 28.1 cm³/mol. The fraction of sp³-hybridized carbons (Fsp3) is 0. The third-order valence-electron chi connectivity index (χ3n) is 0.201. The van der Waals surface area contributed by atoms with Crippen LogP contribution in [0, 0.1) is 0 Å². The molecule has 0 aromatic rings. The number of primary amides is 1. The van der Waals surface area contributed by atoms with Crippen LogP contribution in [0.4, 0.5) is 0 Å². The third kappa shape index (κ3) is 137. The number of hydrogen-bond donors (Lipinski definition) is 2. The van der Waals surface area contributed by atoms with Crippen molar-refractivity contribution in [3.8, 4) is 0 Å². The number of carbonyl (C=O) groups is 2. The fourth-order valence-electron chi connectivity index (χ4n) is 0. The first-order valence-electron chi connectivity index (χ1n) is 1.68. The van der Waals surface area contributed by atoms with Crippen molar-refractivity contribution in [1.29, 1.82) is 0 Å². The van der Waals surface area contributed by atoms with Gasteiger partial charge in [-0.2, -0.15) is 0 Å². The second-order valence-corrected chi connectivity index (χ2v) is 0.712. The lowest BCUT2D eigenvalue weighted by atomic mass is 10.6. The highest BCUT2D eigenvalue weighted by Crippen LogP contribution is 1.48. The number of nitrogens with two attached hydrogens (primary N) is 1. The summed E-state index contributed by atoms with van der Waals surface area (Å²) in [5.41, 5.74) is 4.53. The normalized spacial score (nSPS) is 5.50. The van der Waals surface area contributed by atoms with Crippen LogP contribution in [0.5, 0.6) is 0 Å². The number of hydrogen-bond acceptors (Lipinski definition) is 2. The van der Waals surface area contributed by atoms with Gasteiger partial charge in [0.15, 0.2) is 0 Å². The largest absolute Gasteiger partial charge is 0.483 e. The van der Waals surface area contributed by atoms with Gasteiger partial charge in [0.2, 0.25) is 5.91 Å². The van der Waals surface area contributed by atoms with E-state index in [1.807, 2.05) is 0 Å². The number of amides is 1. The van der Waals surface area contributed by atoms with E-state index in [-0.39, 0.29) is 6.47 Å². The molecule has 0 aliphatic heterocycles. The lowest BCUT2D eigenvalue weighted by Gasteiger charge is -1.65. The van der Waals surface area contributed by atoms with E-state index in [1.165, 1.54) is 0 Å². The molecular weight excluding hydrogens is 110 g/mol. The van der Waals surface area contributed by atoms with Crippen molar-refractivity contribution in [1.82, 2.24) is 0 Å². The molecule has 0 fully saturated rings. The standard InChI is InChI=1S/C3H5NO.CH2O2/c1-2-3(4)5;2-1-3/h2H,1H2,(H2,4,5);1H,(H,2,3). The van der Waals surface area contributed by atoms with Crippen LogP contribution in [0.15, 0.2) is 12.7 Å². The molecule has 0 atom stereocenters. The average Bonchev–Trinajstić information content (AvgIpc) is 1.69. The molecule has 0 heterocycles. The Balaban J connectivity index is 0. The third-order valence-corrected chi connectivity index (χ3v) is 0.201. The topological polar surface area (TPSA) is 80.4 Å². The molecule has 4 heteroatoms. The predicted octanol–water partition coefficient (Wildman–Crippen LogP) is -0.642. The Kier molecular flexibility index (Phi) is 11.3. The smallest absolute Gasteiger partial charge is 0.290 e. The molecule has 0 unspecified atom stereocenters. The van der Waals surface area contributed by atoms with Crippen LogP contribution in [0.1, 0.15) is 0 Å². The molecule has 1 amide bonds. The maximum absolute atomic E-state index is 9.47. The van der Waals surface area contributed by atoms with Crippen molar-refractivity contribution in [2.24, 2.45) is 5.73 Å². The average molecular weight is 117 g/mol. The Hall–Kier alpha value is -1.32. The minimum absolute atomic E-state index is 0.250. The molecule has 0 aliphatic rings. The first-order chi connectivity index (χ1) is 3.68. The molecule has 4 nitrogen and oxygen atoms in total. The van der Waals surface area contributed by atoms with Gasteiger partial charge < -0.3 is 10.8 Å². The Morgan fingerprint density at radius 2 is 1.88 bits per heavy atom. The van der Waals surface area contributed by atoms with Crippen molar-refractivity contribution in [3.63, 3.8) is 0 Å². The van der Waals surface area contributed by atoms with Gasteiger partial charge >= 0.3 is 0 Å². The Labute approximate surface area is 46.6 Å². The summed E-state index contributed by atoms with van der Waals surface area (Å²) in [4.78, 5) is 17.8. The molecule has 0 spiro atoms. The van der Waals surface area contributed by atoms with Crippen LogP contribution in [-0.4, -0.2) is 17.5 Å². The van der Waals surface area contributed by atoms with Gasteiger partial charge in [-0.3, -0.25) is 9.59 Å². The molecule has 0 aliphatic carbocycles. The zero-order chi connectivity index (χ0) is 6.99. The number of carboxylic acid groups (broad SMARTS) is 1. The molecule has 8 heavy (non-hydrogen) atoms. The van der Waals surface area contributed by atoms with E-state index in [2.05, 4.69) is 12.3 Å². The SMILES string of the molecule is C=CC(N)=O.O=CO. The van der Waals surface area contributed by atoms with E-state index < -0.39 is 5.91 Å². The highest BCUT2D eigenvalue weighted by Gasteiger charge is 1.69. The van der Waals surface area contributed by atoms with Gasteiger partial charge in [0.1, 0.15) is 0 Å². The summed E-state index contributed by atoms with van der Waals surface area (Å²) in [5, 5.41) is 6.89. The molecule has 0 saturated carbocycles. The lowest BCUT2D eigenvalue weighted by molar-refractivity contribution is -0.122. The zero-order valence-corrected chi connectivity index (χ0v) is 4.20. The van der Waals surface area contributed by atoms with Crippen molar-refractivity contribution < 1.29 is 14.7 Å². The van der Waals surface area contributed by atoms with Crippen LogP contribution in [0.25, 0.3) is 0 Å². The first kappa shape index (κ1) is 9.84. The fourth-order valence-corrected chi connectivity index (χ4v) is 0. The number of carbonyl (C=O) groups excluding carboxylic acids is 1. The van der Waals surface area contributed by atoms with Gasteiger partial charge in [-0.15, -0.1) is 0 Å². The second kappa shape index (κ2) is 9.19. The van der Waals surface area contributed by atoms with E-state index >= 15 is 0 Å². The Morgan fingerprint density at radius 1 is 1.75 bits per heavy atom. The van der Waals surface area contributed by atoms with E-state index in [4.69, 9.17) is 9.90 Å². The summed E-state index contributed by atoms with van der Waals surface area (Å²) >= 11 is 0. The molecule has 3 N–H and O–H groups in total. The van der Waals surface area contributed by atoms with E-state index in [0.29, 0.717) is 0 Å². The van der Waals surface area contributed by atoms with E-state index in [0.717, 1.165) is 6.08 Å². The lowest BCUT2D eigenvalue weighted by Crippen LogP contribution is -2.04. The second-order valence-electron chi connectivity index (χ2n) is 0.712. The van der Waals surface area contributed by atoms with Gasteiger partial charge in [-0.25, -0.2) is 0 Å². The highest BCUT2D eigenvalue weighted by molar-refractivity contribution is 5.84. The van der Waals surface area contributed by atoms with E-state index in [9.17, 15) is 4.79 Å².